The second-order valence-corrected chi connectivity index (χ2v) is 6.99. The summed E-state index contributed by atoms with van der Waals surface area (Å²) in [6.07, 6.45) is 2.34. The quantitative estimate of drug-likeness (QED) is 0.753. The van der Waals surface area contributed by atoms with Crippen molar-refractivity contribution in [1.82, 2.24) is 10.2 Å². The summed E-state index contributed by atoms with van der Waals surface area (Å²) in [5.41, 5.74) is 1.49. The maximum absolute atomic E-state index is 12.7. The summed E-state index contributed by atoms with van der Waals surface area (Å²) in [4.78, 5) is 26.7. The highest BCUT2D eigenvalue weighted by atomic mass is 35.5. The monoisotopic (exact) mass is 386 g/mol. The fourth-order valence-electron chi connectivity index (χ4n) is 2.90. The van der Waals surface area contributed by atoms with Gasteiger partial charge in [-0.2, -0.15) is 0 Å². The van der Waals surface area contributed by atoms with E-state index in [0.29, 0.717) is 23.2 Å². The molecule has 1 fully saturated rings. The number of halogens is 1. The molecular weight excluding hydrogens is 364 g/mol. The summed E-state index contributed by atoms with van der Waals surface area (Å²) < 4.78 is 5.17. The highest BCUT2D eigenvalue weighted by Gasteiger charge is 2.32. The molecule has 0 saturated heterocycles. The molecule has 0 spiro atoms. The van der Waals surface area contributed by atoms with Crippen LogP contribution in [0.2, 0.25) is 5.02 Å². The Morgan fingerprint density at radius 2 is 1.85 bits per heavy atom. The highest BCUT2D eigenvalue weighted by molar-refractivity contribution is 6.33. The van der Waals surface area contributed by atoms with E-state index in [1.54, 1.807) is 31.4 Å². The lowest BCUT2D eigenvalue weighted by Crippen LogP contribution is -2.35. The van der Waals surface area contributed by atoms with Gasteiger partial charge in [0.15, 0.2) is 0 Å². The third-order valence-corrected chi connectivity index (χ3v) is 4.89. The molecule has 0 aliphatic heterocycles. The maximum atomic E-state index is 12.7. The smallest absolute Gasteiger partial charge is 0.252 e. The van der Waals surface area contributed by atoms with E-state index >= 15 is 0 Å². The van der Waals surface area contributed by atoms with Gasteiger partial charge in [-0.3, -0.25) is 9.59 Å². The number of ether oxygens (including phenoxy) is 1. The number of amides is 2. The van der Waals surface area contributed by atoms with E-state index < -0.39 is 0 Å². The zero-order chi connectivity index (χ0) is 19.2. The Morgan fingerprint density at radius 3 is 2.48 bits per heavy atom. The van der Waals surface area contributed by atoms with E-state index in [2.05, 4.69) is 5.32 Å². The van der Waals surface area contributed by atoms with Gasteiger partial charge in [0.1, 0.15) is 5.75 Å². The van der Waals surface area contributed by atoms with Crippen molar-refractivity contribution in [3.05, 3.63) is 64.7 Å². The fraction of sp³-hybridized carbons (Fsp3) is 0.333. The molecular formula is C21H23ClN2O3. The molecule has 2 aromatic rings. The first kappa shape index (κ1) is 19.2. The SMILES string of the molecule is COc1ccc(CN(C(=O)CCNC(=O)c2ccccc2Cl)C2CC2)cc1. The second-order valence-electron chi connectivity index (χ2n) is 6.59. The predicted octanol–water partition coefficient (Wildman–Crippen LogP) is 3.66. The average Bonchev–Trinajstić information content (AvgIpc) is 3.51. The molecule has 0 radical (unpaired) electrons. The molecule has 1 aliphatic carbocycles. The number of nitrogens with zero attached hydrogens (tertiary/aromatic N) is 1. The number of hydrogen-bond acceptors (Lipinski definition) is 3. The number of carbonyl (C=O) groups is 2. The Bertz CT molecular complexity index is 803. The first-order valence-corrected chi connectivity index (χ1v) is 9.41. The zero-order valence-electron chi connectivity index (χ0n) is 15.3. The van der Waals surface area contributed by atoms with Crippen LogP contribution in [0.15, 0.2) is 48.5 Å². The third kappa shape index (κ3) is 5.23. The third-order valence-electron chi connectivity index (χ3n) is 4.56. The molecule has 142 valence electrons. The molecule has 2 amide bonds. The van der Waals surface area contributed by atoms with Crippen LogP contribution in [0.25, 0.3) is 0 Å². The topological polar surface area (TPSA) is 58.6 Å². The van der Waals surface area contributed by atoms with Crippen LogP contribution in [0.3, 0.4) is 0 Å². The number of benzene rings is 2. The molecule has 0 unspecified atom stereocenters. The van der Waals surface area contributed by atoms with E-state index in [0.717, 1.165) is 24.2 Å². The molecule has 0 bridgehead atoms. The van der Waals surface area contributed by atoms with Crippen LogP contribution < -0.4 is 10.1 Å². The fourth-order valence-corrected chi connectivity index (χ4v) is 3.12. The van der Waals surface area contributed by atoms with Crippen LogP contribution in [0, 0.1) is 0 Å². The number of carbonyl (C=O) groups excluding carboxylic acids is 2. The number of hydrogen-bond donors (Lipinski definition) is 1. The maximum Gasteiger partial charge on any atom is 0.252 e. The van der Waals surface area contributed by atoms with E-state index in [1.165, 1.54) is 0 Å². The lowest BCUT2D eigenvalue weighted by Gasteiger charge is -2.23. The van der Waals surface area contributed by atoms with Gasteiger partial charge >= 0.3 is 0 Å². The normalized spacial score (nSPS) is 13.1. The molecule has 6 heteroatoms. The largest absolute Gasteiger partial charge is 0.497 e. The van der Waals surface area contributed by atoms with Crippen molar-refractivity contribution in [2.75, 3.05) is 13.7 Å². The Balaban J connectivity index is 1.53. The van der Waals surface area contributed by atoms with Crippen molar-refractivity contribution < 1.29 is 14.3 Å². The lowest BCUT2D eigenvalue weighted by atomic mass is 10.2. The number of rotatable bonds is 8. The van der Waals surface area contributed by atoms with Crippen LogP contribution >= 0.6 is 11.6 Å². The Hall–Kier alpha value is -2.53. The van der Waals surface area contributed by atoms with Crippen LogP contribution in [-0.4, -0.2) is 36.4 Å². The van der Waals surface area contributed by atoms with Gasteiger partial charge in [-0.05, 0) is 42.7 Å². The van der Waals surface area contributed by atoms with Gasteiger partial charge in [0, 0.05) is 25.6 Å². The standard InChI is InChI=1S/C21H23ClN2O3/c1-27-17-10-6-15(7-11-17)14-24(16-8-9-16)20(25)12-13-23-21(26)18-4-2-3-5-19(18)22/h2-7,10-11,16H,8-9,12-14H2,1H3,(H,23,26). The second kappa shape index (κ2) is 8.91. The van der Waals surface area contributed by atoms with Gasteiger partial charge in [-0.1, -0.05) is 35.9 Å². The van der Waals surface area contributed by atoms with Crippen LogP contribution in [0.4, 0.5) is 0 Å². The predicted molar refractivity (Wildman–Crippen MR) is 105 cm³/mol. The summed E-state index contributed by atoms with van der Waals surface area (Å²) >= 11 is 6.03. The van der Waals surface area contributed by atoms with E-state index in [4.69, 9.17) is 16.3 Å². The first-order chi connectivity index (χ1) is 13.1. The molecule has 0 atom stereocenters. The Morgan fingerprint density at radius 1 is 1.15 bits per heavy atom. The van der Waals surface area contributed by atoms with Crippen molar-refractivity contribution in [1.29, 1.82) is 0 Å². The van der Waals surface area contributed by atoms with Gasteiger partial charge in [0.25, 0.3) is 5.91 Å². The van der Waals surface area contributed by atoms with Gasteiger partial charge in [-0.15, -0.1) is 0 Å². The van der Waals surface area contributed by atoms with Gasteiger partial charge < -0.3 is 15.0 Å². The van der Waals surface area contributed by atoms with Crippen molar-refractivity contribution in [2.24, 2.45) is 0 Å². The van der Waals surface area contributed by atoms with Crippen molar-refractivity contribution in [2.45, 2.75) is 31.8 Å². The zero-order valence-corrected chi connectivity index (χ0v) is 16.0. The molecule has 27 heavy (non-hydrogen) atoms. The van der Waals surface area contributed by atoms with Crippen molar-refractivity contribution in [3.8, 4) is 5.75 Å². The molecule has 2 aromatic carbocycles. The van der Waals surface area contributed by atoms with Crippen LogP contribution in [-0.2, 0) is 11.3 Å². The molecule has 1 N–H and O–H groups in total. The molecule has 5 nitrogen and oxygen atoms in total. The molecule has 3 rings (SSSR count). The van der Waals surface area contributed by atoms with Gasteiger partial charge in [0.05, 0.1) is 17.7 Å². The highest BCUT2D eigenvalue weighted by Crippen LogP contribution is 2.29. The Kier molecular flexibility index (Phi) is 6.35. The van der Waals surface area contributed by atoms with Crippen LogP contribution in [0.5, 0.6) is 5.75 Å². The molecule has 1 saturated carbocycles. The van der Waals surface area contributed by atoms with Crippen LogP contribution in [0.1, 0.15) is 35.2 Å². The summed E-state index contributed by atoms with van der Waals surface area (Å²) in [5, 5.41) is 3.18. The summed E-state index contributed by atoms with van der Waals surface area (Å²) in [6, 6.07) is 14.9. The van der Waals surface area contributed by atoms with Crippen molar-refractivity contribution in [3.63, 3.8) is 0 Å². The van der Waals surface area contributed by atoms with E-state index in [1.807, 2.05) is 29.2 Å². The van der Waals surface area contributed by atoms with E-state index in [-0.39, 0.29) is 24.8 Å². The summed E-state index contributed by atoms with van der Waals surface area (Å²) in [5.74, 6) is 0.583. The van der Waals surface area contributed by atoms with Crippen molar-refractivity contribution >= 4 is 23.4 Å². The average molecular weight is 387 g/mol. The van der Waals surface area contributed by atoms with Gasteiger partial charge in [0.2, 0.25) is 5.91 Å². The van der Waals surface area contributed by atoms with E-state index in [9.17, 15) is 9.59 Å². The molecule has 0 heterocycles. The lowest BCUT2D eigenvalue weighted by molar-refractivity contribution is -0.132. The minimum absolute atomic E-state index is 0.0489. The summed E-state index contributed by atoms with van der Waals surface area (Å²) in [7, 11) is 1.63. The van der Waals surface area contributed by atoms with Gasteiger partial charge in [-0.25, -0.2) is 0 Å². The molecule has 1 aliphatic rings. The minimum atomic E-state index is -0.262. The minimum Gasteiger partial charge on any atom is -0.497 e. The Labute approximate surface area is 164 Å². The summed E-state index contributed by atoms with van der Waals surface area (Å²) in [6.45, 7) is 0.862. The first-order valence-electron chi connectivity index (χ1n) is 9.03. The number of methoxy groups -OCH3 is 1. The molecule has 0 aromatic heterocycles. The number of nitrogens with one attached hydrogen (secondary N) is 1.